The summed E-state index contributed by atoms with van der Waals surface area (Å²) >= 11 is 11.9. The summed E-state index contributed by atoms with van der Waals surface area (Å²) in [6, 6.07) is 5.34. The minimum atomic E-state index is -0.172. The van der Waals surface area contributed by atoms with E-state index in [-0.39, 0.29) is 12.2 Å². The molecule has 1 rings (SSSR count). The molecule has 1 aromatic carbocycles. The van der Waals surface area contributed by atoms with Crippen molar-refractivity contribution in [2.75, 3.05) is 6.54 Å². The maximum atomic E-state index is 6.07. The summed E-state index contributed by atoms with van der Waals surface area (Å²) in [4.78, 5) is 0. The van der Waals surface area contributed by atoms with E-state index in [1.165, 1.54) is 0 Å². The third-order valence-electron chi connectivity index (χ3n) is 1.96. The van der Waals surface area contributed by atoms with Crippen LogP contribution in [0.25, 0.3) is 0 Å². The maximum absolute atomic E-state index is 6.07. The number of benzene rings is 1. The van der Waals surface area contributed by atoms with Crippen LogP contribution in [0.15, 0.2) is 18.2 Å². The van der Waals surface area contributed by atoms with Crippen molar-refractivity contribution in [3.05, 3.63) is 33.8 Å². The Labute approximate surface area is 100 Å². The van der Waals surface area contributed by atoms with Gasteiger partial charge in [0.2, 0.25) is 0 Å². The van der Waals surface area contributed by atoms with E-state index < -0.39 is 0 Å². The number of rotatable bonds is 4. The molecule has 0 aliphatic heterocycles. The van der Waals surface area contributed by atoms with Gasteiger partial charge in [0, 0.05) is 22.2 Å². The lowest BCUT2D eigenvalue weighted by atomic mass is 10.1. The minimum absolute atomic E-state index is 0.116. The average Bonchev–Trinajstić information content (AvgIpc) is 2.14. The predicted molar refractivity (Wildman–Crippen MR) is 64.5 cm³/mol. The van der Waals surface area contributed by atoms with Gasteiger partial charge in [-0.2, -0.15) is 0 Å². The molecule has 0 aliphatic rings. The molecule has 84 valence electrons. The highest BCUT2D eigenvalue weighted by Gasteiger charge is 2.15. The number of hydrogen-bond acceptors (Lipinski definition) is 2. The van der Waals surface area contributed by atoms with Crippen LogP contribution in [0.2, 0.25) is 10.0 Å². The summed E-state index contributed by atoms with van der Waals surface area (Å²) in [5.74, 6) is 0. The highest BCUT2D eigenvalue weighted by atomic mass is 35.5. The molecule has 0 spiro atoms. The van der Waals surface area contributed by atoms with Crippen LogP contribution in [0.1, 0.15) is 25.5 Å². The van der Waals surface area contributed by atoms with Crippen LogP contribution in [0.3, 0.4) is 0 Å². The van der Waals surface area contributed by atoms with Crippen LogP contribution >= 0.6 is 23.2 Å². The Morgan fingerprint density at radius 1 is 1.33 bits per heavy atom. The molecule has 2 nitrogen and oxygen atoms in total. The molecular weight excluding hydrogens is 233 g/mol. The van der Waals surface area contributed by atoms with Gasteiger partial charge in [0.1, 0.15) is 0 Å². The van der Waals surface area contributed by atoms with Crippen molar-refractivity contribution < 1.29 is 4.74 Å². The van der Waals surface area contributed by atoms with Crippen molar-refractivity contribution >= 4 is 23.2 Å². The van der Waals surface area contributed by atoms with Crippen LogP contribution in [0, 0.1) is 0 Å². The molecule has 1 atom stereocenters. The second-order valence-electron chi connectivity index (χ2n) is 3.58. The van der Waals surface area contributed by atoms with E-state index in [9.17, 15) is 0 Å². The fraction of sp³-hybridized carbons (Fsp3) is 0.455. The summed E-state index contributed by atoms with van der Waals surface area (Å²) in [5, 5.41) is 1.21. The first-order valence-corrected chi connectivity index (χ1v) is 5.60. The molecule has 2 N–H and O–H groups in total. The van der Waals surface area contributed by atoms with Crippen molar-refractivity contribution in [1.29, 1.82) is 0 Å². The standard InChI is InChI=1S/C11H15Cl2NO/c1-7(2)15-11(6-14)9-4-3-8(12)5-10(9)13/h3-5,7,11H,6,14H2,1-2H3/t11-/m1/s1. The highest BCUT2D eigenvalue weighted by molar-refractivity contribution is 6.35. The molecular formula is C11H15Cl2NO. The predicted octanol–water partition coefficient (Wildman–Crippen LogP) is 3.42. The first-order valence-electron chi connectivity index (χ1n) is 4.85. The van der Waals surface area contributed by atoms with Crippen LogP contribution in [-0.4, -0.2) is 12.6 Å². The Morgan fingerprint density at radius 3 is 2.47 bits per heavy atom. The van der Waals surface area contributed by atoms with E-state index in [0.29, 0.717) is 16.6 Å². The van der Waals surface area contributed by atoms with E-state index >= 15 is 0 Å². The van der Waals surface area contributed by atoms with Gasteiger partial charge < -0.3 is 10.5 Å². The van der Waals surface area contributed by atoms with Crippen molar-refractivity contribution in [2.45, 2.75) is 26.1 Å². The van der Waals surface area contributed by atoms with Gasteiger partial charge >= 0.3 is 0 Å². The molecule has 0 saturated heterocycles. The van der Waals surface area contributed by atoms with Crippen molar-refractivity contribution in [3.63, 3.8) is 0 Å². The first-order chi connectivity index (χ1) is 7.04. The van der Waals surface area contributed by atoms with Crippen molar-refractivity contribution in [1.82, 2.24) is 0 Å². The molecule has 0 radical (unpaired) electrons. The van der Waals surface area contributed by atoms with E-state index in [2.05, 4.69) is 0 Å². The minimum Gasteiger partial charge on any atom is -0.369 e. The van der Waals surface area contributed by atoms with Crippen molar-refractivity contribution in [3.8, 4) is 0 Å². The Morgan fingerprint density at radius 2 is 2.00 bits per heavy atom. The van der Waals surface area contributed by atoms with E-state index in [1.54, 1.807) is 12.1 Å². The van der Waals surface area contributed by atoms with Gasteiger partial charge in [0.25, 0.3) is 0 Å². The molecule has 0 fully saturated rings. The number of nitrogens with two attached hydrogens (primary N) is 1. The number of ether oxygens (including phenoxy) is 1. The van der Waals surface area contributed by atoms with Crippen LogP contribution < -0.4 is 5.73 Å². The molecule has 0 aliphatic carbocycles. The van der Waals surface area contributed by atoms with Gasteiger partial charge in [-0.3, -0.25) is 0 Å². The number of halogens is 2. The SMILES string of the molecule is CC(C)O[C@H](CN)c1ccc(Cl)cc1Cl. The zero-order chi connectivity index (χ0) is 11.4. The summed E-state index contributed by atoms with van der Waals surface area (Å²) in [6.45, 7) is 4.33. The summed E-state index contributed by atoms with van der Waals surface area (Å²) in [7, 11) is 0. The average molecular weight is 248 g/mol. The zero-order valence-electron chi connectivity index (χ0n) is 8.84. The van der Waals surface area contributed by atoms with E-state index in [4.69, 9.17) is 33.7 Å². The Balaban J connectivity index is 2.91. The maximum Gasteiger partial charge on any atom is 0.0964 e. The van der Waals surface area contributed by atoms with Gasteiger partial charge in [-0.05, 0) is 26.0 Å². The van der Waals surface area contributed by atoms with Crippen molar-refractivity contribution in [2.24, 2.45) is 5.73 Å². The lowest BCUT2D eigenvalue weighted by Gasteiger charge is -2.20. The molecule has 0 aromatic heterocycles. The number of hydrogen-bond donors (Lipinski definition) is 1. The summed E-state index contributed by atoms with van der Waals surface area (Å²) in [6.07, 6.45) is -0.0555. The fourth-order valence-corrected chi connectivity index (χ4v) is 1.88. The van der Waals surface area contributed by atoms with Gasteiger partial charge in [-0.1, -0.05) is 29.3 Å². The lowest BCUT2D eigenvalue weighted by Crippen LogP contribution is -2.19. The molecule has 15 heavy (non-hydrogen) atoms. The first kappa shape index (κ1) is 12.8. The molecule has 0 heterocycles. The highest BCUT2D eigenvalue weighted by Crippen LogP contribution is 2.28. The van der Waals surface area contributed by atoms with Crippen LogP contribution in [0.5, 0.6) is 0 Å². The lowest BCUT2D eigenvalue weighted by molar-refractivity contribution is 0.0120. The second kappa shape index (κ2) is 5.71. The van der Waals surface area contributed by atoms with Crippen LogP contribution in [-0.2, 0) is 4.74 Å². The Kier molecular flexibility index (Phi) is 4.87. The third kappa shape index (κ3) is 3.65. The largest absolute Gasteiger partial charge is 0.369 e. The second-order valence-corrected chi connectivity index (χ2v) is 4.42. The van der Waals surface area contributed by atoms with Gasteiger partial charge in [-0.15, -0.1) is 0 Å². The molecule has 1 aromatic rings. The summed E-state index contributed by atoms with van der Waals surface area (Å²) < 4.78 is 5.65. The normalized spacial score (nSPS) is 13.2. The molecule has 0 bridgehead atoms. The smallest absolute Gasteiger partial charge is 0.0964 e. The quantitative estimate of drug-likeness (QED) is 0.886. The van der Waals surface area contributed by atoms with E-state index in [0.717, 1.165) is 5.56 Å². The Hall–Kier alpha value is -0.280. The van der Waals surface area contributed by atoms with Crippen LogP contribution in [0.4, 0.5) is 0 Å². The fourth-order valence-electron chi connectivity index (χ4n) is 1.35. The molecule has 4 heteroatoms. The zero-order valence-corrected chi connectivity index (χ0v) is 10.3. The molecule has 0 saturated carbocycles. The topological polar surface area (TPSA) is 35.2 Å². The van der Waals surface area contributed by atoms with Gasteiger partial charge in [0.05, 0.1) is 12.2 Å². The van der Waals surface area contributed by atoms with Gasteiger partial charge in [-0.25, -0.2) is 0 Å². The molecule has 0 amide bonds. The molecule has 0 unspecified atom stereocenters. The van der Waals surface area contributed by atoms with Gasteiger partial charge in [0.15, 0.2) is 0 Å². The summed E-state index contributed by atoms with van der Waals surface area (Å²) in [5.41, 5.74) is 6.53. The monoisotopic (exact) mass is 247 g/mol. The third-order valence-corrected chi connectivity index (χ3v) is 2.52. The van der Waals surface area contributed by atoms with E-state index in [1.807, 2.05) is 19.9 Å². The Bertz CT molecular complexity index is 328.